The van der Waals surface area contributed by atoms with Gasteiger partial charge in [-0.2, -0.15) is 0 Å². The van der Waals surface area contributed by atoms with Crippen molar-refractivity contribution in [2.24, 2.45) is 0 Å². The Morgan fingerprint density at radius 1 is 1.00 bits per heavy atom. The van der Waals surface area contributed by atoms with Crippen molar-refractivity contribution >= 4 is 11.0 Å². The van der Waals surface area contributed by atoms with Crippen molar-refractivity contribution in [3.05, 3.63) is 70.1 Å². The Bertz CT molecular complexity index is 819. The maximum absolute atomic E-state index is 11.3. The Hall–Kier alpha value is -2.75. The molecule has 3 aromatic rings. The number of aromatic hydroxyl groups is 2. The van der Waals surface area contributed by atoms with Crippen molar-refractivity contribution in [3.63, 3.8) is 0 Å². The summed E-state index contributed by atoms with van der Waals surface area (Å²) < 4.78 is 5.03. The summed E-state index contributed by atoms with van der Waals surface area (Å²) in [5, 5.41) is 20.1. The molecule has 0 atom stereocenters. The fourth-order valence-electron chi connectivity index (χ4n) is 2.31. The Labute approximate surface area is 114 Å². The minimum absolute atomic E-state index is 0.00261. The fourth-order valence-corrected chi connectivity index (χ4v) is 2.31. The highest BCUT2D eigenvalue weighted by Crippen LogP contribution is 2.31. The molecule has 0 saturated heterocycles. The van der Waals surface area contributed by atoms with Gasteiger partial charge in [-0.1, -0.05) is 30.3 Å². The van der Waals surface area contributed by atoms with Crippen molar-refractivity contribution in [1.82, 2.24) is 0 Å². The first-order chi connectivity index (χ1) is 9.63. The van der Waals surface area contributed by atoms with Gasteiger partial charge >= 0.3 is 5.63 Å². The van der Waals surface area contributed by atoms with Crippen molar-refractivity contribution in [1.29, 1.82) is 0 Å². The van der Waals surface area contributed by atoms with Crippen LogP contribution in [0, 0.1) is 0 Å². The van der Waals surface area contributed by atoms with Crippen LogP contribution in [0.3, 0.4) is 0 Å². The normalized spacial score (nSPS) is 10.8. The molecule has 1 aromatic heterocycles. The van der Waals surface area contributed by atoms with Gasteiger partial charge in [-0.15, -0.1) is 0 Å². The predicted octanol–water partition coefficient (Wildman–Crippen LogP) is 2.80. The molecule has 0 fully saturated rings. The largest absolute Gasteiger partial charge is 0.508 e. The van der Waals surface area contributed by atoms with Crippen LogP contribution < -0.4 is 5.63 Å². The molecule has 3 rings (SSSR count). The van der Waals surface area contributed by atoms with Gasteiger partial charge in [0, 0.05) is 6.07 Å². The lowest BCUT2D eigenvalue weighted by Gasteiger charge is -2.08. The highest BCUT2D eigenvalue weighted by atomic mass is 16.4. The maximum Gasteiger partial charge on any atom is 0.339 e. The molecule has 100 valence electrons. The number of hydrogen-bond acceptors (Lipinski definition) is 4. The van der Waals surface area contributed by atoms with Crippen LogP contribution in [0.1, 0.15) is 11.1 Å². The smallest absolute Gasteiger partial charge is 0.339 e. The van der Waals surface area contributed by atoms with Crippen LogP contribution in [0.25, 0.3) is 11.0 Å². The molecular formula is C16H12O4. The summed E-state index contributed by atoms with van der Waals surface area (Å²) in [4.78, 5) is 11.3. The monoisotopic (exact) mass is 268 g/mol. The molecular weight excluding hydrogens is 256 g/mol. The molecule has 0 aliphatic carbocycles. The minimum Gasteiger partial charge on any atom is -0.508 e. The number of rotatable bonds is 2. The summed E-state index contributed by atoms with van der Waals surface area (Å²) in [6, 6.07) is 13.6. The third-order valence-electron chi connectivity index (χ3n) is 3.13. The predicted molar refractivity (Wildman–Crippen MR) is 75.1 cm³/mol. The Kier molecular flexibility index (Phi) is 2.91. The van der Waals surface area contributed by atoms with Gasteiger partial charge in [0.05, 0.1) is 11.5 Å². The highest BCUT2D eigenvalue weighted by Gasteiger charge is 2.12. The molecule has 4 heteroatoms. The van der Waals surface area contributed by atoms with Gasteiger partial charge < -0.3 is 14.6 Å². The molecule has 0 unspecified atom stereocenters. The van der Waals surface area contributed by atoms with Gasteiger partial charge in [-0.05, 0) is 23.6 Å². The van der Waals surface area contributed by atoms with E-state index in [2.05, 4.69) is 0 Å². The molecule has 4 nitrogen and oxygen atoms in total. The third kappa shape index (κ3) is 2.23. The molecule has 0 spiro atoms. The van der Waals surface area contributed by atoms with E-state index in [-0.39, 0.29) is 17.1 Å². The Morgan fingerprint density at radius 3 is 2.50 bits per heavy atom. The molecule has 2 aromatic carbocycles. The molecule has 0 radical (unpaired) electrons. The zero-order valence-corrected chi connectivity index (χ0v) is 10.5. The van der Waals surface area contributed by atoms with Crippen molar-refractivity contribution < 1.29 is 14.6 Å². The van der Waals surface area contributed by atoms with E-state index < -0.39 is 5.63 Å². The Balaban J connectivity index is 2.22. The van der Waals surface area contributed by atoms with Gasteiger partial charge in [0.2, 0.25) is 0 Å². The first kappa shape index (κ1) is 12.3. The number of phenols is 1. The van der Waals surface area contributed by atoms with E-state index in [1.807, 2.05) is 30.3 Å². The molecule has 0 aliphatic rings. The van der Waals surface area contributed by atoms with Crippen LogP contribution in [-0.4, -0.2) is 10.2 Å². The first-order valence-corrected chi connectivity index (χ1v) is 6.16. The lowest BCUT2D eigenvalue weighted by molar-refractivity contribution is 0.461. The maximum atomic E-state index is 11.3. The molecule has 2 N–H and O–H groups in total. The number of hydrogen-bond donors (Lipinski definition) is 2. The highest BCUT2D eigenvalue weighted by molar-refractivity contribution is 5.87. The lowest BCUT2D eigenvalue weighted by Crippen LogP contribution is -1.98. The van der Waals surface area contributed by atoms with Crippen LogP contribution in [-0.2, 0) is 6.42 Å². The zero-order chi connectivity index (χ0) is 14.1. The average molecular weight is 268 g/mol. The van der Waals surface area contributed by atoms with E-state index in [1.165, 1.54) is 6.07 Å². The summed E-state index contributed by atoms with van der Waals surface area (Å²) in [6.07, 6.45) is 0.521. The summed E-state index contributed by atoms with van der Waals surface area (Å²) in [5.74, 6) is -0.139. The fraction of sp³-hybridized carbons (Fsp3) is 0.0625. The SMILES string of the molecule is O=c1cc(O)c2c(Cc3ccccc3)cc(O)cc2o1. The molecule has 20 heavy (non-hydrogen) atoms. The summed E-state index contributed by atoms with van der Waals surface area (Å²) >= 11 is 0. The molecule has 0 saturated carbocycles. The number of benzene rings is 2. The average Bonchev–Trinajstić information content (AvgIpc) is 2.38. The number of phenolic OH excluding ortho intramolecular Hbond substituents is 1. The van der Waals surface area contributed by atoms with Crippen LogP contribution >= 0.6 is 0 Å². The first-order valence-electron chi connectivity index (χ1n) is 6.16. The van der Waals surface area contributed by atoms with E-state index in [9.17, 15) is 15.0 Å². The van der Waals surface area contributed by atoms with E-state index in [4.69, 9.17) is 4.42 Å². The van der Waals surface area contributed by atoms with Crippen molar-refractivity contribution in [2.45, 2.75) is 6.42 Å². The van der Waals surface area contributed by atoms with Gasteiger partial charge in [-0.25, -0.2) is 4.79 Å². The molecule has 0 aliphatic heterocycles. The van der Waals surface area contributed by atoms with E-state index in [0.717, 1.165) is 11.6 Å². The van der Waals surface area contributed by atoms with Crippen molar-refractivity contribution in [2.75, 3.05) is 0 Å². The topological polar surface area (TPSA) is 70.7 Å². The van der Waals surface area contributed by atoms with Crippen LogP contribution in [0.2, 0.25) is 0 Å². The quantitative estimate of drug-likeness (QED) is 0.701. The van der Waals surface area contributed by atoms with Crippen molar-refractivity contribution in [3.8, 4) is 11.5 Å². The van der Waals surface area contributed by atoms with Gasteiger partial charge in [0.1, 0.15) is 17.1 Å². The van der Waals surface area contributed by atoms with Gasteiger partial charge in [-0.3, -0.25) is 0 Å². The third-order valence-corrected chi connectivity index (χ3v) is 3.13. The van der Waals surface area contributed by atoms with Gasteiger partial charge in [0.25, 0.3) is 0 Å². The summed E-state index contributed by atoms with van der Waals surface area (Å²) in [6.45, 7) is 0. The van der Waals surface area contributed by atoms with E-state index >= 15 is 0 Å². The van der Waals surface area contributed by atoms with E-state index in [1.54, 1.807) is 6.07 Å². The van der Waals surface area contributed by atoms with Gasteiger partial charge in [0.15, 0.2) is 0 Å². The minimum atomic E-state index is -0.647. The standard InChI is InChI=1S/C16H12O4/c17-12-7-11(6-10-4-2-1-3-5-10)16-13(18)9-15(19)20-14(16)8-12/h1-5,7-9,17-18H,6H2. The van der Waals surface area contributed by atoms with Crippen LogP contribution in [0.5, 0.6) is 11.5 Å². The Morgan fingerprint density at radius 2 is 1.75 bits per heavy atom. The second-order valence-corrected chi connectivity index (χ2v) is 4.59. The molecule has 1 heterocycles. The number of fused-ring (bicyclic) bond motifs is 1. The zero-order valence-electron chi connectivity index (χ0n) is 10.5. The molecule has 0 amide bonds. The van der Waals surface area contributed by atoms with E-state index in [0.29, 0.717) is 17.4 Å². The summed E-state index contributed by atoms with van der Waals surface area (Å²) in [7, 11) is 0. The van der Waals surface area contributed by atoms with Crippen LogP contribution in [0.15, 0.2) is 57.7 Å². The second kappa shape index (κ2) is 4.74. The summed E-state index contributed by atoms with van der Waals surface area (Å²) in [5.41, 5.74) is 1.27. The lowest BCUT2D eigenvalue weighted by atomic mass is 10.00. The molecule has 0 bridgehead atoms. The van der Waals surface area contributed by atoms with Crippen LogP contribution in [0.4, 0.5) is 0 Å². The second-order valence-electron chi connectivity index (χ2n) is 4.59.